The minimum absolute atomic E-state index is 0.0574. The maximum Gasteiger partial charge on any atom is 0.227 e. The third kappa shape index (κ3) is 5.55. The van der Waals surface area contributed by atoms with E-state index in [9.17, 15) is 9.90 Å². The Morgan fingerprint density at radius 3 is 2.42 bits per heavy atom. The topological polar surface area (TPSA) is 68.2 Å². The first kappa shape index (κ1) is 29.5. The second-order valence-electron chi connectivity index (χ2n) is 12.6. The number of hydrogen-bond acceptors (Lipinski definition) is 5. The number of carbonyl (C=O) groups excluding carboxylic acids is 1. The van der Waals surface area contributed by atoms with E-state index >= 15 is 0 Å². The average molecular weight is 544 g/mol. The maximum absolute atomic E-state index is 13.5. The molecule has 1 aromatic carbocycles. The number of aliphatic hydroxyl groups excluding tert-OH is 1. The van der Waals surface area contributed by atoms with Crippen LogP contribution < -0.4 is 0 Å². The minimum Gasteiger partial charge on any atom is -0.413 e. The molecular weight excluding hydrogens is 494 g/mol. The van der Waals surface area contributed by atoms with Gasteiger partial charge in [-0.3, -0.25) is 4.79 Å². The van der Waals surface area contributed by atoms with E-state index in [2.05, 4.69) is 59.8 Å². The summed E-state index contributed by atoms with van der Waals surface area (Å²) in [6.45, 7) is 15.8. The Hall–Kier alpha value is -1.51. The molecule has 7 heteroatoms. The molecule has 2 saturated heterocycles. The number of benzene rings is 1. The number of piperidine rings is 1. The smallest absolute Gasteiger partial charge is 0.227 e. The van der Waals surface area contributed by atoms with Crippen molar-refractivity contribution >= 4 is 14.2 Å². The van der Waals surface area contributed by atoms with E-state index in [0.29, 0.717) is 49.4 Å². The molecule has 5 atom stereocenters. The highest BCUT2D eigenvalue weighted by atomic mass is 28.4. The summed E-state index contributed by atoms with van der Waals surface area (Å²) in [5, 5.41) is 11.5. The van der Waals surface area contributed by atoms with Crippen LogP contribution >= 0.6 is 0 Å². The van der Waals surface area contributed by atoms with Gasteiger partial charge in [-0.15, -0.1) is 0 Å². The van der Waals surface area contributed by atoms with Crippen molar-refractivity contribution < 1.29 is 23.8 Å². The molecule has 0 unspecified atom stereocenters. The fourth-order valence-electron chi connectivity index (χ4n) is 7.75. The first-order valence-corrected chi connectivity index (χ1v) is 16.8. The van der Waals surface area contributed by atoms with Gasteiger partial charge in [-0.05, 0) is 47.4 Å². The standard InChI is InChI=1S/C31H49NO5Si/c1-22(2)38(23(3)4,24(5)6)36-21-27-18-29(34)32-17-11-16-31(30(32)37-27)26(14-10-15-28(31)33)20-35-19-25-12-8-7-9-13-25/h7-10,12-13,15,22-24,26-28,30,33H,11,14,16-21H2,1-6H3/t26-,27+,28+,30+,31-/m1/s1. The molecule has 6 nitrogen and oxygen atoms in total. The van der Waals surface area contributed by atoms with E-state index in [1.807, 2.05) is 29.2 Å². The SMILES string of the molecule is CC(C)[Si](OC[C@@H]1CC(=O)N2CCC[C@]3([C@@H](COCc4ccccc4)CC=C[C@@H]3O)[C@@H]2O1)(C(C)C)C(C)C. The number of ether oxygens (including phenoxy) is 2. The molecule has 4 rings (SSSR count). The lowest BCUT2D eigenvalue weighted by Gasteiger charge is -2.58. The van der Waals surface area contributed by atoms with Gasteiger partial charge in [0.25, 0.3) is 0 Å². The van der Waals surface area contributed by atoms with E-state index in [1.54, 1.807) is 0 Å². The van der Waals surface area contributed by atoms with Gasteiger partial charge < -0.3 is 23.9 Å². The molecule has 2 aliphatic heterocycles. The Labute approximate surface area is 230 Å². The number of rotatable bonds is 10. The second-order valence-corrected chi connectivity index (χ2v) is 18.0. The number of carbonyl (C=O) groups is 1. The number of amides is 1. The van der Waals surface area contributed by atoms with Gasteiger partial charge in [-0.25, -0.2) is 0 Å². The second kappa shape index (κ2) is 12.3. The van der Waals surface area contributed by atoms with Crippen LogP contribution in [0.15, 0.2) is 42.5 Å². The van der Waals surface area contributed by atoms with Crippen molar-refractivity contribution in [3.63, 3.8) is 0 Å². The van der Waals surface area contributed by atoms with E-state index in [0.717, 1.165) is 24.8 Å². The minimum atomic E-state index is -2.09. The lowest BCUT2D eigenvalue weighted by molar-refractivity contribution is -0.252. The number of fused-ring (bicyclic) bond motifs is 2. The molecule has 1 N–H and O–H groups in total. The largest absolute Gasteiger partial charge is 0.413 e. The zero-order valence-corrected chi connectivity index (χ0v) is 25.3. The van der Waals surface area contributed by atoms with Crippen molar-refractivity contribution in [2.24, 2.45) is 11.3 Å². The lowest BCUT2D eigenvalue weighted by Crippen LogP contribution is -2.67. The molecule has 1 amide bonds. The Bertz CT molecular complexity index is 929. The van der Waals surface area contributed by atoms with E-state index in [4.69, 9.17) is 13.9 Å². The monoisotopic (exact) mass is 543 g/mol. The van der Waals surface area contributed by atoms with E-state index < -0.39 is 26.1 Å². The molecule has 3 aliphatic rings. The van der Waals surface area contributed by atoms with Gasteiger partial charge in [0.05, 0.1) is 43.9 Å². The van der Waals surface area contributed by atoms with Crippen molar-refractivity contribution in [3.05, 3.63) is 48.0 Å². The first-order valence-electron chi connectivity index (χ1n) is 14.7. The van der Waals surface area contributed by atoms with E-state index in [-0.39, 0.29) is 17.9 Å². The van der Waals surface area contributed by atoms with Crippen molar-refractivity contribution in [1.29, 1.82) is 0 Å². The van der Waals surface area contributed by atoms with Gasteiger partial charge in [-0.2, -0.15) is 0 Å². The molecule has 0 saturated carbocycles. The zero-order chi connectivity index (χ0) is 27.5. The highest BCUT2D eigenvalue weighted by molar-refractivity contribution is 6.77. The van der Waals surface area contributed by atoms with Crippen LogP contribution in [0.1, 0.15) is 72.8 Å². The molecule has 1 spiro atoms. The Morgan fingerprint density at radius 1 is 1.08 bits per heavy atom. The molecule has 1 aliphatic carbocycles. The van der Waals surface area contributed by atoms with Gasteiger partial charge in [-0.1, -0.05) is 84.0 Å². The fourth-order valence-corrected chi connectivity index (χ4v) is 13.2. The molecule has 0 aromatic heterocycles. The molecule has 0 radical (unpaired) electrons. The van der Waals surface area contributed by atoms with Crippen LogP contribution in [0.4, 0.5) is 0 Å². The number of aliphatic hydroxyl groups is 1. The molecule has 2 fully saturated rings. The van der Waals surface area contributed by atoms with Crippen molar-refractivity contribution in [2.75, 3.05) is 19.8 Å². The van der Waals surface area contributed by atoms with Gasteiger partial charge in [0.1, 0.15) is 6.23 Å². The maximum atomic E-state index is 13.5. The van der Waals surface area contributed by atoms with Crippen LogP contribution in [-0.2, 0) is 25.3 Å². The molecule has 38 heavy (non-hydrogen) atoms. The highest BCUT2D eigenvalue weighted by Crippen LogP contribution is 2.51. The van der Waals surface area contributed by atoms with Gasteiger partial charge in [0, 0.05) is 6.54 Å². The Morgan fingerprint density at radius 2 is 1.76 bits per heavy atom. The molecular formula is C31H49NO5Si. The third-order valence-electron chi connectivity index (χ3n) is 9.50. The summed E-state index contributed by atoms with van der Waals surface area (Å²) in [7, 11) is -2.09. The molecule has 1 aromatic rings. The van der Waals surface area contributed by atoms with Crippen LogP contribution in [-0.4, -0.2) is 62.4 Å². The average Bonchev–Trinajstić information content (AvgIpc) is 2.87. The van der Waals surface area contributed by atoms with Crippen molar-refractivity contribution in [1.82, 2.24) is 4.90 Å². The van der Waals surface area contributed by atoms with Crippen LogP contribution in [0, 0.1) is 11.3 Å². The van der Waals surface area contributed by atoms with Gasteiger partial charge in [0.2, 0.25) is 5.91 Å². The predicted octanol–water partition coefficient (Wildman–Crippen LogP) is 6.06. The van der Waals surface area contributed by atoms with Crippen LogP contribution in [0.2, 0.25) is 16.6 Å². The molecule has 0 bridgehead atoms. The number of allylic oxidation sites excluding steroid dienone is 1. The lowest BCUT2D eigenvalue weighted by atomic mass is 9.61. The van der Waals surface area contributed by atoms with Crippen LogP contribution in [0.3, 0.4) is 0 Å². The summed E-state index contributed by atoms with van der Waals surface area (Å²) in [6, 6.07) is 10.2. The zero-order valence-electron chi connectivity index (χ0n) is 24.3. The van der Waals surface area contributed by atoms with E-state index in [1.165, 1.54) is 0 Å². The highest BCUT2D eigenvalue weighted by Gasteiger charge is 2.58. The normalized spacial score (nSPS) is 30.1. The summed E-state index contributed by atoms with van der Waals surface area (Å²) in [5.41, 5.74) is 1.95. The fraction of sp³-hybridized carbons (Fsp3) is 0.710. The summed E-state index contributed by atoms with van der Waals surface area (Å²) in [4.78, 5) is 15.4. The van der Waals surface area contributed by atoms with Crippen LogP contribution in [0.25, 0.3) is 0 Å². The summed E-state index contributed by atoms with van der Waals surface area (Å²) < 4.78 is 19.9. The first-order chi connectivity index (χ1) is 18.1. The summed E-state index contributed by atoms with van der Waals surface area (Å²) >= 11 is 0. The Kier molecular flexibility index (Phi) is 9.57. The summed E-state index contributed by atoms with van der Waals surface area (Å²) in [6.07, 6.45) is 5.32. The molecule has 2 heterocycles. The third-order valence-corrected chi connectivity index (χ3v) is 15.6. The molecule has 212 valence electrons. The van der Waals surface area contributed by atoms with Gasteiger partial charge >= 0.3 is 0 Å². The van der Waals surface area contributed by atoms with Crippen molar-refractivity contribution in [2.45, 2.75) is 109 Å². The van der Waals surface area contributed by atoms with Crippen LogP contribution in [0.5, 0.6) is 0 Å². The predicted molar refractivity (Wildman–Crippen MR) is 153 cm³/mol. The number of nitrogens with zero attached hydrogens (tertiary/aromatic N) is 1. The Balaban J connectivity index is 1.54. The van der Waals surface area contributed by atoms with Gasteiger partial charge in [0.15, 0.2) is 8.32 Å². The van der Waals surface area contributed by atoms with Crippen molar-refractivity contribution in [3.8, 4) is 0 Å². The number of hydrogen-bond donors (Lipinski definition) is 1. The summed E-state index contributed by atoms with van der Waals surface area (Å²) in [5.74, 6) is 0.174. The quantitative estimate of drug-likeness (QED) is 0.287.